The number of nitrogens with one attached hydrogen (secondary N) is 4. The molecule has 1 aliphatic heterocycles. The average molecular weight is 673 g/mol. The van der Waals surface area contributed by atoms with Gasteiger partial charge in [0.2, 0.25) is 5.91 Å². The number of carbonyl (C=O) groups excluding carboxylic acids is 4. The molecule has 1 saturated heterocycles. The van der Waals surface area contributed by atoms with Crippen LogP contribution in [0.15, 0.2) is 54.6 Å². The van der Waals surface area contributed by atoms with Gasteiger partial charge in [0.1, 0.15) is 11.9 Å². The number of carbonyl (C=O) groups is 4. The van der Waals surface area contributed by atoms with Gasteiger partial charge in [-0.15, -0.1) is 0 Å². The summed E-state index contributed by atoms with van der Waals surface area (Å²) in [6.45, 7) is 0.422. The summed E-state index contributed by atoms with van der Waals surface area (Å²) in [5.41, 5.74) is -0.637. The first-order chi connectivity index (χ1) is 23.0. The lowest BCUT2D eigenvalue weighted by atomic mass is 9.85. The molecule has 0 bridgehead atoms. The summed E-state index contributed by atoms with van der Waals surface area (Å²) in [6, 6.07) is 8.15. The molecule has 3 fully saturated rings. The highest BCUT2D eigenvalue weighted by molar-refractivity contribution is 5.87. The number of aliphatic hydroxyl groups excluding tert-OH is 1. The van der Waals surface area contributed by atoms with Crippen molar-refractivity contribution in [3.05, 3.63) is 71.5 Å². The van der Waals surface area contributed by atoms with Crippen molar-refractivity contribution in [2.45, 2.75) is 100 Å². The van der Waals surface area contributed by atoms with Crippen molar-refractivity contribution in [1.29, 1.82) is 0 Å². The minimum Gasteiger partial charge on any atom is -0.436 e. The minimum atomic E-state index is -3.78. The minimum absolute atomic E-state index is 0.00287. The SMILES string of the molecule is O=C(NC(c1ccccc1)C(F)(F)c1cccc(F)c1)O[C@@H](CC1CCCCC1)C(=O)N[C@@H](C[C@@H]1CCNC1=O)[C@H](O)C(=O)NC1CC1. The van der Waals surface area contributed by atoms with Gasteiger partial charge in [-0.25, -0.2) is 9.18 Å². The molecule has 2 saturated carbocycles. The highest BCUT2D eigenvalue weighted by Gasteiger charge is 2.45. The molecule has 4 amide bonds. The predicted octanol–water partition coefficient (Wildman–Crippen LogP) is 4.37. The number of amides is 4. The van der Waals surface area contributed by atoms with E-state index >= 15 is 8.78 Å². The number of benzene rings is 2. The Hall–Kier alpha value is -4.13. The zero-order valence-corrected chi connectivity index (χ0v) is 26.6. The second-order valence-electron chi connectivity index (χ2n) is 13.1. The Morgan fingerprint density at radius 1 is 0.917 bits per heavy atom. The maximum Gasteiger partial charge on any atom is 0.408 e. The Bertz CT molecular complexity index is 1440. The molecule has 48 heavy (non-hydrogen) atoms. The van der Waals surface area contributed by atoms with Crippen LogP contribution in [0.1, 0.15) is 81.4 Å². The molecule has 2 aromatic carbocycles. The van der Waals surface area contributed by atoms with Crippen LogP contribution in [0.3, 0.4) is 0 Å². The van der Waals surface area contributed by atoms with Crippen LogP contribution in [0.5, 0.6) is 0 Å². The fourth-order valence-corrected chi connectivity index (χ4v) is 6.52. The second kappa shape index (κ2) is 15.8. The van der Waals surface area contributed by atoms with Crippen molar-refractivity contribution >= 4 is 23.8 Å². The van der Waals surface area contributed by atoms with Crippen molar-refractivity contribution in [3.8, 4) is 0 Å². The van der Waals surface area contributed by atoms with Crippen LogP contribution >= 0.6 is 0 Å². The molecule has 5 atom stereocenters. The first-order valence-electron chi connectivity index (χ1n) is 16.7. The Balaban J connectivity index is 1.36. The first-order valence-corrected chi connectivity index (χ1v) is 16.7. The quantitative estimate of drug-likeness (QED) is 0.202. The van der Waals surface area contributed by atoms with Gasteiger partial charge in [-0.1, -0.05) is 74.6 Å². The van der Waals surface area contributed by atoms with Crippen molar-refractivity contribution in [2.75, 3.05) is 6.54 Å². The number of halogens is 3. The van der Waals surface area contributed by atoms with E-state index in [9.17, 15) is 28.7 Å². The molecule has 10 nitrogen and oxygen atoms in total. The third-order valence-corrected chi connectivity index (χ3v) is 9.38. The molecule has 2 aliphatic carbocycles. The van der Waals surface area contributed by atoms with Gasteiger partial charge >= 0.3 is 6.09 Å². The van der Waals surface area contributed by atoms with E-state index in [1.807, 2.05) is 0 Å². The first kappa shape index (κ1) is 35.2. The summed E-state index contributed by atoms with van der Waals surface area (Å²) in [4.78, 5) is 52.5. The molecule has 5 rings (SSSR count). The Kier molecular flexibility index (Phi) is 11.6. The third kappa shape index (κ3) is 9.27. The van der Waals surface area contributed by atoms with E-state index in [2.05, 4.69) is 21.3 Å². The third-order valence-electron chi connectivity index (χ3n) is 9.38. The van der Waals surface area contributed by atoms with E-state index in [0.717, 1.165) is 63.1 Å². The largest absolute Gasteiger partial charge is 0.436 e. The zero-order valence-electron chi connectivity index (χ0n) is 26.6. The molecule has 0 aromatic heterocycles. The molecule has 5 N–H and O–H groups in total. The van der Waals surface area contributed by atoms with Crippen LogP contribution in [0.4, 0.5) is 18.0 Å². The number of rotatable bonds is 14. The van der Waals surface area contributed by atoms with E-state index in [1.165, 1.54) is 24.3 Å². The van der Waals surface area contributed by atoms with E-state index in [-0.39, 0.29) is 36.3 Å². The van der Waals surface area contributed by atoms with Crippen LogP contribution in [0, 0.1) is 17.7 Å². The molecular weight excluding hydrogens is 629 g/mol. The second-order valence-corrected chi connectivity index (χ2v) is 13.1. The monoisotopic (exact) mass is 672 g/mol. The number of alkyl carbamates (subject to hydrolysis) is 1. The Labute approximate surface area is 277 Å². The fourth-order valence-electron chi connectivity index (χ4n) is 6.52. The molecule has 1 unspecified atom stereocenters. The van der Waals surface area contributed by atoms with Crippen LogP contribution in [-0.4, -0.2) is 59.8 Å². The van der Waals surface area contributed by atoms with Gasteiger partial charge in [0.25, 0.3) is 17.7 Å². The standard InChI is InChI=1S/C35H43F3N4O6/c36-25-13-7-12-24(20-25)35(37,38)30(22-10-5-2-6-11-22)42-34(47)48-28(18-21-8-3-1-4-9-21)32(45)41-27(19-23-16-17-39-31(23)44)29(43)33(46)40-26-14-15-26/h2,5-7,10-13,20-21,23,26-30,43H,1,3-4,8-9,14-19H2,(H,39,44)(H,40,46)(H,41,45)(H,42,47)/t23-,27-,28-,29-,30?/m0/s1. The molecule has 1 heterocycles. The fraction of sp³-hybridized carbons (Fsp3) is 0.543. The molecule has 0 radical (unpaired) electrons. The highest BCUT2D eigenvalue weighted by atomic mass is 19.3. The van der Waals surface area contributed by atoms with Gasteiger partial charge < -0.3 is 31.1 Å². The summed E-state index contributed by atoms with van der Waals surface area (Å²) in [5.74, 6) is -6.97. The van der Waals surface area contributed by atoms with Gasteiger partial charge in [-0.2, -0.15) is 8.78 Å². The zero-order chi connectivity index (χ0) is 34.3. The topological polar surface area (TPSA) is 146 Å². The molecule has 0 spiro atoms. The normalized spacial score (nSPS) is 20.9. The number of aliphatic hydroxyl groups is 1. The molecule has 2 aromatic rings. The van der Waals surface area contributed by atoms with Gasteiger partial charge in [-0.3, -0.25) is 14.4 Å². The van der Waals surface area contributed by atoms with Crippen LogP contribution in [0.2, 0.25) is 0 Å². The van der Waals surface area contributed by atoms with Gasteiger partial charge in [0.15, 0.2) is 12.2 Å². The van der Waals surface area contributed by atoms with E-state index in [0.29, 0.717) is 19.0 Å². The number of hydrogen-bond donors (Lipinski definition) is 5. The number of ether oxygens (including phenoxy) is 1. The molecular formula is C35H43F3N4O6. The van der Waals surface area contributed by atoms with E-state index in [4.69, 9.17) is 4.74 Å². The summed E-state index contributed by atoms with van der Waals surface area (Å²) < 4.78 is 51.5. The summed E-state index contributed by atoms with van der Waals surface area (Å²) >= 11 is 0. The lowest BCUT2D eigenvalue weighted by Crippen LogP contribution is -2.55. The number of alkyl halides is 2. The summed E-state index contributed by atoms with van der Waals surface area (Å²) in [6.07, 6.45) is 2.04. The van der Waals surface area contributed by atoms with Crippen molar-refractivity contribution in [3.63, 3.8) is 0 Å². The smallest absolute Gasteiger partial charge is 0.408 e. The van der Waals surface area contributed by atoms with Gasteiger partial charge in [-0.05, 0) is 55.7 Å². The Morgan fingerprint density at radius 2 is 1.65 bits per heavy atom. The average Bonchev–Trinajstić information content (AvgIpc) is 3.81. The molecule has 13 heteroatoms. The lowest BCUT2D eigenvalue weighted by Gasteiger charge is -2.31. The lowest BCUT2D eigenvalue weighted by molar-refractivity contribution is -0.137. The van der Waals surface area contributed by atoms with Crippen molar-refractivity contribution in [2.24, 2.45) is 11.8 Å². The van der Waals surface area contributed by atoms with Gasteiger partial charge in [0, 0.05) is 24.1 Å². The maximum atomic E-state index is 16.0. The van der Waals surface area contributed by atoms with Gasteiger partial charge in [0.05, 0.1) is 6.04 Å². The number of hydrogen-bond acceptors (Lipinski definition) is 6. The van der Waals surface area contributed by atoms with Crippen molar-refractivity contribution < 1.29 is 42.2 Å². The Morgan fingerprint density at radius 3 is 2.29 bits per heavy atom. The highest BCUT2D eigenvalue weighted by Crippen LogP contribution is 2.41. The van der Waals surface area contributed by atoms with Crippen LogP contribution in [-0.2, 0) is 25.0 Å². The molecule has 260 valence electrons. The van der Waals surface area contributed by atoms with E-state index in [1.54, 1.807) is 6.07 Å². The summed E-state index contributed by atoms with van der Waals surface area (Å²) in [7, 11) is 0. The summed E-state index contributed by atoms with van der Waals surface area (Å²) in [5, 5.41) is 21.3. The van der Waals surface area contributed by atoms with Crippen LogP contribution < -0.4 is 21.3 Å². The molecule has 3 aliphatic rings. The maximum absolute atomic E-state index is 16.0. The predicted molar refractivity (Wildman–Crippen MR) is 169 cm³/mol. The van der Waals surface area contributed by atoms with E-state index < -0.39 is 65.4 Å². The van der Waals surface area contributed by atoms with Crippen LogP contribution in [0.25, 0.3) is 0 Å². The van der Waals surface area contributed by atoms with Crippen molar-refractivity contribution in [1.82, 2.24) is 21.3 Å².